The summed E-state index contributed by atoms with van der Waals surface area (Å²) in [7, 11) is 1.37. The highest BCUT2D eigenvalue weighted by Crippen LogP contribution is 2.39. The fourth-order valence-corrected chi connectivity index (χ4v) is 3.99. The Morgan fingerprint density at radius 1 is 1.23 bits per heavy atom. The highest BCUT2D eigenvalue weighted by molar-refractivity contribution is 9.10. The Kier molecular flexibility index (Phi) is 5.94. The Morgan fingerprint density at radius 3 is 2.87 bits per heavy atom. The summed E-state index contributed by atoms with van der Waals surface area (Å²) in [5.41, 5.74) is 2.91. The van der Waals surface area contributed by atoms with Crippen molar-refractivity contribution in [1.29, 1.82) is 0 Å². The van der Waals surface area contributed by atoms with Gasteiger partial charge < -0.3 is 9.15 Å². The van der Waals surface area contributed by atoms with Gasteiger partial charge in [0.2, 0.25) is 0 Å². The normalized spacial score (nSPS) is 11.2. The van der Waals surface area contributed by atoms with Gasteiger partial charge in [0, 0.05) is 17.4 Å². The van der Waals surface area contributed by atoms with Crippen LogP contribution in [0, 0.1) is 0 Å². The second-order valence-corrected chi connectivity index (χ2v) is 7.76. The maximum atomic E-state index is 12.2. The molecule has 0 radical (unpaired) electrons. The van der Waals surface area contributed by atoms with Gasteiger partial charge in [-0.05, 0) is 56.5 Å². The number of methoxy groups -OCH3 is 1. The predicted octanol–water partition coefficient (Wildman–Crippen LogP) is 5.03. The minimum absolute atomic E-state index is 0.406. The molecule has 7 nitrogen and oxygen atoms in total. The van der Waals surface area contributed by atoms with Crippen LogP contribution in [0.4, 0.5) is 0 Å². The summed E-state index contributed by atoms with van der Waals surface area (Å²) in [6.07, 6.45) is 3.00. The largest absolute Gasteiger partial charge is 0.465 e. The minimum atomic E-state index is -0.406. The van der Waals surface area contributed by atoms with E-state index >= 15 is 0 Å². The van der Waals surface area contributed by atoms with E-state index in [1.165, 1.54) is 7.11 Å². The van der Waals surface area contributed by atoms with E-state index in [2.05, 4.69) is 44.4 Å². The van der Waals surface area contributed by atoms with E-state index in [0.717, 1.165) is 46.1 Å². The average Bonchev–Trinajstić information content (AvgIpc) is 3.35. The lowest BCUT2D eigenvalue weighted by atomic mass is 10.0. The molecule has 2 aromatic carbocycles. The lowest BCUT2D eigenvalue weighted by molar-refractivity contribution is 0.0601. The minimum Gasteiger partial charge on any atom is -0.465 e. The van der Waals surface area contributed by atoms with Crippen LogP contribution in [0.3, 0.4) is 0 Å². The average molecular weight is 469 g/mol. The van der Waals surface area contributed by atoms with Crippen LogP contribution >= 0.6 is 15.9 Å². The van der Waals surface area contributed by atoms with Crippen LogP contribution in [0.5, 0.6) is 0 Å². The van der Waals surface area contributed by atoms with Crippen molar-refractivity contribution in [2.24, 2.45) is 0 Å². The smallest absolute Gasteiger partial charge is 0.338 e. The molecule has 30 heavy (non-hydrogen) atoms. The van der Waals surface area contributed by atoms with Crippen molar-refractivity contribution in [3.8, 4) is 11.3 Å². The third-order valence-electron chi connectivity index (χ3n) is 4.96. The van der Waals surface area contributed by atoms with Gasteiger partial charge in [-0.3, -0.25) is 0 Å². The molecule has 0 aliphatic carbocycles. The molecule has 0 aliphatic rings. The van der Waals surface area contributed by atoms with Crippen LogP contribution in [0.2, 0.25) is 0 Å². The molecule has 0 saturated carbocycles. The zero-order valence-electron chi connectivity index (χ0n) is 16.8. The van der Waals surface area contributed by atoms with Gasteiger partial charge in [-0.25, -0.2) is 9.48 Å². The Balaban J connectivity index is 1.70. The third kappa shape index (κ3) is 3.87. The molecule has 8 heteroatoms. The Bertz CT molecular complexity index is 1200. The molecular weight excluding hydrogens is 448 g/mol. The summed E-state index contributed by atoms with van der Waals surface area (Å²) >= 11 is 3.66. The molecule has 0 N–H and O–H groups in total. The van der Waals surface area contributed by atoms with E-state index in [1.54, 1.807) is 12.1 Å². The first-order valence-electron chi connectivity index (χ1n) is 9.76. The zero-order valence-corrected chi connectivity index (χ0v) is 18.3. The van der Waals surface area contributed by atoms with Crippen molar-refractivity contribution >= 4 is 32.9 Å². The number of tetrazole rings is 1. The highest BCUT2D eigenvalue weighted by atomic mass is 79.9. The molecule has 2 aromatic heterocycles. The Hall–Kier alpha value is -3.00. The van der Waals surface area contributed by atoms with E-state index in [9.17, 15) is 4.79 Å². The number of rotatable bonds is 7. The second-order valence-electron chi connectivity index (χ2n) is 6.97. The number of unbranched alkanes of at least 4 members (excludes halogenated alkanes) is 1. The summed E-state index contributed by atoms with van der Waals surface area (Å²) in [5, 5.41) is 13.0. The first kappa shape index (κ1) is 20.3. The number of hydrogen-bond acceptors (Lipinski definition) is 6. The molecule has 0 atom stereocenters. The molecule has 4 aromatic rings. The summed E-state index contributed by atoms with van der Waals surface area (Å²) in [6.45, 7) is 2.72. The van der Waals surface area contributed by atoms with Gasteiger partial charge >= 0.3 is 5.97 Å². The van der Waals surface area contributed by atoms with Gasteiger partial charge in [-0.15, -0.1) is 5.10 Å². The number of hydrogen-bond donors (Lipinski definition) is 0. The number of carbonyl (C=O) groups is 1. The molecule has 0 aliphatic heterocycles. The van der Waals surface area contributed by atoms with Crippen molar-refractivity contribution in [1.82, 2.24) is 20.2 Å². The number of ether oxygens (including phenoxy) is 1. The number of benzene rings is 2. The Morgan fingerprint density at radius 2 is 2.07 bits per heavy atom. The number of furan rings is 1. The van der Waals surface area contributed by atoms with E-state index in [1.807, 2.05) is 28.9 Å². The standard InChI is InChI=1S/C22H21BrN4O3/c1-3-4-9-19-24-25-26-27(19)13-14-10-11-18-17(12-14)20(23)21(30-18)15-7-5-6-8-16(15)22(28)29-2/h5-8,10-12H,3-4,9,13H2,1-2H3. The predicted molar refractivity (Wildman–Crippen MR) is 116 cm³/mol. The SMILES string of the molecule is CCCCc1nnnn1Cc1ccc2oc(-c3ccccc3C(=O)OC)c(Br)c2c1. The van der Waals surface area contributed by atoms with Gasteiger partial charge in [0.25, 0.3) is 0 Å². The van der Waals surface area contributed by atoms with Gasteiger partial charge in [0.05, 0.1) is 23.7 Å². The quantitative estimate of drug-likeness (QED) is 0.353. The number of halogens is 1. The number of aromatic nitrogens is 4. The first-order chi connectivity index (χ1) is 14.6. The summed E-state index contributed by atoms with van der Waals surface area (Å²) in [5.74, 6) is 1.07. The lowest BCUT2D eigenvalue weighted by Crippen LogP contribution is -2.07. The molecule has 0 fully saturated rings. The number of fused-ring (bicyclic) bond motifs is 1. The second kappa shape index (κ2) is 8.79. The van der Waals surface area contributed by atoms with Gasteiger partial charge in [0.15, 0.2) is 5.82 Å². The van der Waals surface area contributed by atoms with Crippen molar-refractivity contribution in [3.05, 3.63) is 63.9 Å². The fraction of sp³-hybridized carbons (Fsp3) is 0.273. The summed E-state index contributed by atoms with van der Waals surface area (Å²) in [4.78, 5) is 12.2. The number of carbonyl (C=O) groups excluding carboxylic acids is 1. The van der Waals surface area contributed by atoms with Crippen molar-refractivity contribution < 1.29 is 13.9 Å². The van der Waals surface area contributed by atoms with E-state index in [0.29, 0.717) is 23.4 Å². The zero-order chi connectivity index (χ0) is 21.1. The van der Waals surface area contributed by atoms with E-state index in [-0.39, 0.29) is 0 Å². The highest BCUT2D eigenvalue weighted by Gasteiger charge is 2.20. The van der Waals surface area contributed by atoms with Crippen LogP contribution in [-0.2, 0) is 17.7 Å². The molecular formula is C22H21BrN4O3. The van der Waals surface area contributed by atoms with Crippen LogP contribution in [0.25, 0.3) is 22.3 Å². The molecule has 0 unspecified atom stereocenters. The van der Waals surface area contributed by atoms with Crippen LogP contribution in [-0.4, -0.2) is 33.3 Å². The first-order valence-corrected chi connectivity index (χ1v) is 10.5. The monoisotopic (exact) mass is 468 g/mol. The molecule has 154 valence electrons. The van der Waals surface area contributed by atoms with Crippen LogP contribution < -0.4 is 0 Å². The number of nitrogens with zero attached hydrogens (tertiary/aromatic N) is 4. The molecule has 0 saturated heterocycles. The number of esters is 1. The van der Waals surface area contributed by atoms with Crippen molar-refractivity contribution in [3.63, 3.8) is 0 Å². The summed E-state index contributed by atoms with van der Waals surface area (Å²) in [6, 6.07) is 13.2. The lowest BCUT2D eigenvalue weighted by Gasteiger charge is -2.05. The van der Waals surface area contributed by atoms with Crippen LogP contribution in [0.15, 0.2) is 51.4 Å². The maximum Gasteiger partial charge on any atom is 0.338 e. The molecule has 4 rings (SSSR count). The molecule has 0 bridgehead atoms. The number of aryl methyl sites for hydroxylation is 1. The molecule has 0 amide bonds. The summed E-state index contributed by atoms with van der Waals surface area (Å²) < 4.78 is 13.6. The fourth-order valence-electron chi connectivity index (χ4n) is 3.39. The van der Waals surface area contributed by atoms with Gasteiger partial charge in [-0.2, -0.15) is 0 Å². The maximum absolute atomic E-state index is 12.2. The molecule has 2 heterocycles. The van der Waals surface area contributed by atoms with Gasteiger partial charge in [-0.1, -0.05) is 37.6 Å². The van der Waals surface area contributed by atoms with Crippen LogP contribution in [0.1, 0.15) is 41.5 Å². The Labute approximate surface area is 182 Å². The third-order valence-corrected chi connectivity index (χ3v) is 5.75. The topological polar surface area (TPSA) is 83.0 Å². The van der Waals surface area contributed by atoms with Crippen molar-refractivity contribution in [2.45, 2.75) is 32.7 Å². The van der Waals surface area contributed by atoms with E-state index < -0.39 is 5.97 Å². The van der Waals surface area contributed by atoms with Gasteiger partial charge in [0.1, 0.15) is 11.3 Å². The van der Waals surface area contributed by atoms with E-state index in [4.69, 9.17) is 9.15 Å². The van der Waals surface area contributed by atoms with Crippen molar-refractivity contribution in [2.75, 3.05) is 7.11 Å². The molecule has 0 spiro atoms.